The number of carbonyl (C=O) groups is 8. The fraction of sp³-hybridized carbons (Fsp3) is 0.487. The van der Waals surface area contributed by atoms with Crippen LogP contribution >= 0.6 is 0 Å². The maximum Gasteiger partial charge on any atom is 0.326 e. The van der Waals surface area contributed by atoms with Gasteiger partial charge in [0.15, 0.2) is 11.2 Å². The quantitative estimate of drug-likeness (QED) is 0.0321. The molecule has 0 aliphatic heterocycles. The second-order valence-corrected chi connectivity index (χ2v) is 15.3. The van der Waals surface area contributed by atoms with E-state index in [0.29, 0.717) is 11.4 Å². The van der Waals surface area contributed by atoms with Crippen molar-refractivity contribution in [1.29, 1.82) is 0 Å². The lowest BCUT2D eigenvalue weighted by atomic mass is 9.98. The first kappa shape index (κ1) is 56.8. The Labute approximate surface area is 393 Å². The van der Waals surface area contributed by atoms with E-state index in [9.17, 15) is 99.3 Å². The molecule has 0 saturated heterocycles. The van der Waals surface area contributed by atoms with Crippen LogP contribution in [0.3, 0.4) is 0 Å². The predicted molar refractivity (Wildman–Crippen MR) is 232 cm³/mol. The molecule has 0 fully saturated rings. The molecule has 31 heteroatoms. The standard InChI is InChI=1S/C39H53N11O20/c1-2-17(36(65)66)44-33(62)25(30(60)28(58)21(54)13-52)48-23(56)9-19(38(69)70)46-34(63)24(29(59)27(57)20(53)12-51)47-22(55)8-7-18(37(67)68)45-32(61)14-3-5-15(6-4-14)41-10-16-11-42-31-26(43-16)35(64)50-39(40)49-31/h3-6,11,17-21,24-25,27-30,41,51-54,57-60H,2,7-10,12-13H2,1H3,(H,44,62)(H,45,61)(H,46,63)(H,47,55)(H,48,56)(H,65,66)(H,67,68)(H,69,70)(H3,40,42,49,50,64)/t17-,18-,19-,20+,21+,24-,25-,27+,28+,29+,30+/m0/s1. The molecule has 31 nitrogen and oxygen atoms in total. The number of hydrogen-bond donors (Lipinski definition) is 19. The van der Waals surface area contributed by atoms with Gasteiger partial charge in [-0.3, -0.25) is 33.8 Å². The van der Waals surface area contributed by atoms with E-state index in [4.69, 9.17) is 5.73 Å². The number of nitrogens with one attached hydrogen (secondary N) is 7. The summed E-state index contributed by atoms with van der Waals surface area (Å²) in [6, 6.07) is -5.01. The van der Waals surface area contributed by atoms with Crippen molar-refractivity contribution in [3.05, 3.63) is 52.1 Å². The van der Waals surface area contributed by atoms with E-state index in [-0.39, 0.29) is 35.6 Å². The summed E-state index contributed by atoms with van der Waals surface area (Å²) < 4.78 is 0. The summed E-state index contributed by atoms with van der Waals surface area (Å²) in [4.78, 5) is 128. The van der Waals surface area contributed by atoms with Crippen LogP contribution in [0.5, 0.6) is 0 Å². The highest BCUT2D eigenvalue weighted by Gasteiger charge is 2.41. The Hall–Kier alpha value is -7.52. The zero-order valence-corrected chi connectivity index (χ0v) is 36.7. The lowest BCUT2D eigenvalue weighted by molar-refractivity contribution is -0.148. The van der Waals surface area contributed by atoms with Crippen LogP contribution in [0.25, 0.3) is 11.2 Å². The lowest BCUT2D eigenvalue weighted by Gasteiger charge is -2.30. The first-order valence-corrected chi connectivity index (χ1v) is 20.8. The second-order valence-electron chi connectivity index (χ2n) is 15.3. The molecule has 0 spiro atoms. The zero-order valence-electron chi connectivity index (χ0n) is 36.7. The molecule has 384 valence electrons. The number of rotatable bonds is 28. The molecule has 0 aliphatic carbocycles. The number of nitrogens with two attached hydrogens (primary N) is 1. The molecule has 2 heterocycles. The largest absolute Gasteiger partial charge is 0.480 e. The summed E-state index contributed by atoms with van der Waals surface area (Å²) in [5.41, 5.74) is 5.63. The monoisotopic (exact) mass is 995 g/mol. The van der Waals surface area contributed by atoms with Crippen LogP contribution in [-0.2, 0) is 40.1 Å². The number of carbonyl (C=O) groups excluding carboxylic acids is 5. The Balaban J connectivity index is 1.72. The molecular weight excluding hydrogens is 942 g/mol. The minimum atomic E-state index is -2.56. The van der Waals surface area contributed by atoms with Crippen molar-refractivity contribution in [2.75, 3.05) is 24.3 Å². The molecule has 1 aromatic carbocycles. The van der Waals surface area contributed by atoms with E-state index in [1.54, 1.807) is 5.32 Å². The van der Waals surface area contributed by atoms with E-state index < -0.39 is 152 Å². The second kappa shape index (κ2) is 26.3. The first-order chi connectivity index (χ1) is 32.9. The molecule has 0 unspecified atom stereocenters. The molecule has 0 radical (unpaired) electrons. The Morgan fingerprint density at radius 3 is 1.69 bits per heavy atom. The first-order valence-electron chi connectivity index (χ1n) is 20.8. The number of H-pyrrole nitrogens is 1. The van der Waals surface area contributed by atoms with E-state index in [0.717, 1.165) is 0 Å². The number of benzene rings is 1. The Morgan fingerprint density at radius 1 is 0.671 bits per heavy atom. The van der Waals surface area contributed by atoms with Crippen LogP contribution in [0.15, 0.2) is 35.3 Å². The van der Waals surface area contributed by atoms with Gasteiger partial charge >= 0.3 is 17.9 Å². The van der Waals surface area contributed by atoms with Crippen molar-refractivity contribution in [2.24, 2.45) is 0 Å². The van der Waals surface area contributed by atoms with Crippen LogP contribution in [0, 0.1) is 0 Å². The third kappa shape index (κ3) is 16.0. The molecule has 3 aromatic rings. The average Bonchev–Trinajstić information content (AvgIpc) is 3.32. The van der Waals surface area contributed by atoms with Crippen LogP contribution < -0.4 is 43.2 Å². The van der Waals surface area contributed by atoms with Gasteiger partial charge in [0.05, 0.1) is 38.1 Å². The Morgan fingerprint density at radius 2 is 1.19 bits per heavy atom. The van der Waals surface area contributed by atoms with Crippen molar-refractivity contribution >= 4 is 70.2 Å². The summed E-state index contributed by atoms with van der Waals surface area (Å²) >= 11 is 0. The van der Waals surface area contributed by atoms with Gasteiger partial charge in [0.2, 0.25) is 29.6 Å². The number of nitrogen functional groups attached to an aromatic ring is 1. The van der Waals surface area contributed by atoms with Gasteiger partial charge < -0.3 is 93.8 Å². The number of hydrogen-bond acceptors (Lipinski definition) is 22. The SMILES string of the molecule is CC[C@H](NC(=O)[C@@H](NC(=O)C[C@H](NC(=O)[C@@H](NC(=O)CC[C@H](NC(=O)c1ccc(NCc2cnc3nc(N)[nH]c(=O)c3n2)cc1)C(=O)O)[C@@H](O)[C@H](O)[C@H](O)CO)C(=O)O)[C@@H](O)[C@H](O)[C@H](O)CO)C(=O)O. The van der Waals surface area contributed by atoms with Crippen molar-refractivity contribution < 1.29 is 94.5 Å². The summed E-state index contributed by atoms with van der Waals surface area (Å²) in [5, 5.41) is 122. The van der Waals surface area contributed by atoms with Crippen molar-refractivity contribution in [1.82, 2.24) is 46.5 Å². The van der Waals surface area contributed by atoms with Crippen LogP contribution in [0.2, 0.25) is 0 Å². The van der Waals surface area contributed by atoms with Gasteiger partial charge in [-0.15, -0.1) is 0 Å². The zero-order chi connectivity index (χ0) is 52.6. The smallest absolute Gasteiger partial charge is 0.326 e. The van der Waals surface area contributed by atoms with E-state index >= 15 is 0 Å². The number of nitrogens with zero attached hydrogens (tertiary/aromatic N) is 3. The van der Waals surface area contributed by atoms with Gasteiger partial charge in [-0.25, -0.2) is 24.4 Å². The number of amides is 5. The van der Waals surface area contributed by atoms with Crippen LogP contribution in [-0.4, -0.2) is 204 Å². The summed E-state index contributed by atoms with van der Waals surface area (Å²) in [6.07, 6.45) is -15.9. The number of aliphatic hydroxyl groups excluding tert-OH is 8. The topological polar surface area (TPSA) is 529 Å². The number of aromatic nitrogens is 4. The number of fused-ring (bicyclic) bond motifs is 1. The molecule has 11 atom stereocenters. The van der Waals surface area contributed by atoms with Gasteiger partial charge in [-0.2, -0.15) is 4.98 Å². The third-order valence-electron chi connectivity index (χ3n) is 10.1. The van der Waals surface area contributed by atoms with Gasteiger partial charge in [0.25, 0.3) is 11.5 Å². The van der Waals surface area contributed by atoms with Crippen LogP contribution in [0.4, 0.5) is 11.6 Å². The number of aliphatic hydroxyl groups is 8. The fourth-order valence-electron chi connectivity index (χ4n) is 6.17. The van der Waals surface area contributed by atoms with Gasteiger partial charge in [0, 0.05) is 17.7 Å². The Kier molecular flexibility index (Phi) is 21.3. The highest BCUT2D eigenvalue weighted by atomic mass is 16.4. The van der Waals surface area contributed by atoms with Crippen LogP contribution in [0.1, 0.15) is 48.7 Å². The minimum absolute atomic E-state index is 0.0294. The van der Waals surface area contributed by atoms with Gasteiger partial charge in [-0.05, 0) is 37.1 Å². The third-order valence-corrected chi connectivity index (χ3v) is 10.1. The van der Waals surface area contributed by atoms with Crippen molar-refractivity contribution in [2.45, 2.75) is 106 Å². The predicted octanol–water partition coefficient (Wildman–Crippen LogP) is -8.07. The molecule has 20 N–H and O–H groups in total. The van der Waals surface area contributed by atoms with E-state index in [2.05, 4.69) is 30.6 Å². The van der Waals surface area contributed by atoms with Gasteiger partial charge in [-0.1, -0.05) is 6.92 Å². The number of aliphatic carboxylic acids is 3. The number of aromatic amines is 1. The summed E-state index contributed by atoms with van der Waals surface area (Å²) in [7, 11) is 0. The molecule has 5 amide bonds. The molecule has 3 rings (SSSR count). The van der Waals surface area contributed by atoms with E-state index in [1.807, 2.05) is 16.0 Å². The maximum absolute atomic E-state index is 13.5. The average molecular weight is 996 g/mol. The molecular formula is C39H53N11O20. The Bertz CT molecular complexity index is 2410. The normalized spacial score (nSPS) is 16.0. The van der Waals surface area contributed by atoms with Gasteiger partial charge in [0.1, 0.15) is 66.8 Å². The fourth-order valence-corrected chi connectivity index (χ4v) is 6.17. The number of anilines is 2. The number of carboxylic acids is 3. The van der Waals surface area contributed by atoms with Crippen molar-refractivity contribution in [3.8, 4) is 0 Å². The van der Waals surface area contributed by atoms with E-state index in [1.165, 1.54) is 37.4 Å². The highest BCUT2D eigenvalue weighted by Crippen LogP contribution is 2.14. The lowest BCUT2D eigenvalue weighted by Crippen LogP contribution is -2.62. The van der Waals surface area contributed by atoms with Crippen molar-refractivity contribution in [3.63, 3.8) is 0 Å². The minimum Gasteiger partial charge on any atom is -0.480 e. The molecule has 0 saturated carbocycles. The molecule has 0 aliphatic rings. The highest BCUT2D eigenvalue weighted by molar-refractivity contribution is 5.97. The maximum atomic E-state index is 13.5. The number of carboxylic acid groups (broad SMARTS) is 3. The molecule has 0 bridgehead atoms. The summed E-state index contributed by atoms with van der Waals surface area (Å²) in [5.74, 6) is -12.2. The molecule has 2 aromatic heterocycles. The summed E-state index contributed by atoms with van der Waals surface area (Å²) in [6.45, 7) is -0.993. The molecule has 70 heavy (non-hydrogen) atoms.